The number of H-pyrrole nitrogens is 1. The molecule has 0 radical (unpaired) electrons. The molecule has 3 amide bonds. The standard InChI is InChI=1S/C29H27F2N5O5/c1-35(26(37)21-11-18-20(33-21)4-3-5-23(18)40-2)22(8-15-6-7-15)27(38)36-14-29(12-17(36)13-32)28(39)34-25-19(31)9-16(30)10-24(25)41-29/h3-5,9-11,15,17,22,33H,6-8,12,14H2,1-2H3,(H,34,39)/t17-,22-,29+/m0/s1. The monoisotopic (exact) mass is 563 g/mol. The first-order chi connectivity index (χ1) is 19.6. The number of aromatic nitrogens is 1. The number of rotatable bonds is 6. The van der Waals surface area contributed by atoms with Gasteiger partial charge in [0.2, 0.25) is 11.5 Å². The molecular formula is C29H27F2N5O5. The second kappa shape index (κ2) is 9.76. The first kappa shape index (κ1) is 26.6. The van der Waals surface area contributed by atoms with E-state index in [0.717, 1.165) is 24.3 Å². The summed E-state index contributed by atoms with van der Waals surface area (Å²) in [5.41, 5.74) is -1.05. The van der Waals surface area contributed by atoms with E-state index in [0.29, 0.717) is 23.8 Å². The molecule has 1 saturated heterocycles. The number of fused-ring (bicyclic) bond motifs is 2. The van der Waals surface area contributed by atoms with Gasteiger partial charge in [0.05, 0.1) is 19.7 Å². The second-order valence-corrected chi connectivity index (χ2v) is 10.8. The first-order valence-electron chi connectivity index (χ1n) is 13.3. The number of anilines is 1. The summed E-state index contributed by atoms with van der Waals surface area (Å²) in [5, 5.41) is 13.1. The highest BCUT2D eigenvalue weighted by Crippen LogP contribution is 2.43. The van der Waals surface area contributed by atoms with Crippen molar-refractivity contribution in [3.8, 4) is 17.6 Å². The van der Waals surface area contributed by atoms with Gasteiger partial charge < -0.3 is 29.6 Å². The van der Waals surface area contributed by atoms with Crippen molar-refractivity contribution in [1.82, 2.24) is 14.8 Å². The third-order valence-corrected chi connectivity index (χ3v) is 8.13. The van der Waals surface area contributed by atoms with Crippen LogP contribution in [-0.4, -0.2) is 70.9 Å². The van der Waals surface area contributed by atoms with Gasteiger partial charge in [0.15, 0.2) is 11.6 Å². The molecule has 1 aliphatic carbocycles. The van der Waals surface area contributed by atoms with E-state index in [1.807, 2.05) is 6.07 Å². The Hall–Kier alpha value is -4.66. The summed E-state index contributed by atoms with van der Waals surface area (Å²) >= 11 is 0. The zero-order chi connectivity index (χ0) is 29.1. The van der Waals surface area contributed by atoms with E-state index in [4.69, 9.17) is 9.47 Å². The van der Waals surface area contributed by atoms with Crippen LogP contribution in [-0.2, 0) is 9.59 Å². The maximum atomic E-state index is 14.3. The van der Waals surface area contributed by atoms with Crippen molar-refractivity contribution in [1.29, 1.82) is 5.26 Å². The van der Waals surface area contributed by atoms with Gasteiger partial charge in [-0.3, -0.25) is 14.4 Å². The van der Waals surface area contributed by atoms with Crippen LogP contribution in [0, 0.1) is 28.9 Å². The van der Waals surface area contributed by atoms with Crippen LogP contribution in [0.5, 0.6) is 11.5 Å². The highest BCUT2D eigenvalue weighted by atomic mass is 19.1. The summed E-state index contributed by atoms with van der Waals surface area (Å²) < 4.78 is 39.4. The van der Waals surface area contributed by atoms with Gasteiger partial charge in [-0.1, -0.05) is 18.9 Å². The van der Waals surface area contributed by atoms with Crippen molar-refractivity contribution in [2.24, 2.45) is 5.92 Å². The fourth-order valence-corrected chi connectivity index (χ4v) is 5.73. The number of amides is 3. The molecule has 3 aliphatic rings. The van der Waals surface area contributed by atoms with Crippen LogP contribution in [0.25, 0.3) is 10.9 Å². The van der Waals surface area contributed by atoms with E-state index in [1.165, 1.54) is 24.0 Å². The average molecular weight is 564 g/mol. The van der Waals surface area contributed by atoms with E-state index >= 15 is 0 Å². The minimum absolute atomic E-state index is 0.200. The van der Waals surface area contributed by atoms with Crippen molar-refractivity contribution in [3.05, 3.63) is 53.7 Å². The van der Waals surface area contributed by atoms with Gasteiger partial charge >= 0.3 is 0 Å². The van der Waals surface area contributed by atoms with Crippen LogP contribution in [0.1, 0.15) is 36.2 Å². The predicted octanol–water partition coefficient (Wildman–Crippen LogP) is 3.59. The molecule has 212 valence electrons. The number of aromatic amines is 1. The van der Waals surface area contributed by atoms with Gasteiger partial charge in [-0.2, -0.15) is 5.26 Å². The van der Waals surface area contributed by atoms with Gasteiger partial charge in [0.25, 0.3) is 11.8 Å². The number of halogens is 2. The molecule has 6 rings (SSSR count). The Kier molecular flexibility index (Phi) is 6.32. The molecular weight excluding hydrogens is 536 g/mol. The molecule has 0 bridgehead atoms. The largest absolute Gasteiger partial charge is 0.496 e. The van der Waals surface area contributed by atoms with Crippen LogP contribution in [0.3, 0.4) is 0 Å². The van der Waals surface area contributed by atoms with Crippen LogP contribution >= 0.6 is 0 Å². The fraction of sp³-hybridized carbons (Fsp3) is 0.379. The summed E-state index contributed by atoms with van der Waals surface area (Å²) in [6, 6.07) is 8.72. The Morgan fingerprint density at radius 1 is 1.29 bits per heavy atom. The maximum Gasteiger partial charge on any atom is 0.270 e. The molecule has 2 N–H and O–H groups in total. The first-order valence-corrected chi connectivity index (χ1v) is 13.3. The van der Waals surface area contributed by atoms with Crippen molar-refractivity contribution < 1.29 is 32.6 Å². The summed E-state index contributed by atoms with van der Waals surface area (Å²) in [6.07, 6.45) is 2.02. The molecule has 3 aromatic rings. The Bertz CT molecular complexity index is 1630. The molecule has 1 aromatic heterocycles. The van der Waals surface area contributed by atoms with Crippen LogP contribution in [0.2, 0.25) is 0 Å². The number of hydrogen-bond acceptors (Lipinski definition) is 6. The Balaban J connectivity index is 1.29. The molecule has 3 heterocycles. The quantitative estimate of drug-likeness (QED) is 0.472. The van der Waals surface area contributed by atoms with Crippen molar-refractivity contribution in [2.45, 2.75) is 43.4 Å². The Labute approximate surface area is 233 Å². The van der Waals surface area contributed by atoms with Gasteiger partial charge in [-0.25, -0.2) is 8.78 Å². The predicted molar refractivity (Wildman–Crippen MR) is 142 cm³/mol. The smallest absolute Gasteiger partial charge is 0.270 e. The van der Waals surface area contributed by atoms with Gasteiger partial charge in [-0.05, 0) is 30.5 Å². The lowest BCUT2D eigenvalue weighted by molar-refractivity contribution is -0.138. The number of carbonyl (C=O) groups excluding carboxylic acids is 3. The third-order valence-electron chi connectivity index (χ3n) is 8.13. The van der Waals surface area contributed by atoms with E-state index in [-0.39, 0.29) is 36.0 Å². The lowest BCUT2D eigenvalue weighted by atomic mass is 9.97. The van der Waals surface area contributed by atoms with Crippen LogP contribution in [0.15, 0.2) is 36.4 Å². The molecule has 2 aliphatic heterocycles. The Morgan fingerprint density at radius 2 is 2.07 bits per heavy atom. The SMILES string of the molecule is COc1cccc2[nH]c(C(=O)N(C)[C@@H](CC3CC3)C(=O)N3C[C@@]4(C[C@H]3C#N)Oc3cc(F)cc(F)c3NC4=O)cc12. The number of likely N-dealkylation sites (tertiary alicyclic amines) is 1. The number of benzene rings is 2. The van der Waals surface area contributed by atoms with Gasteiger partial charge in [0, 0.05) is 36.5 Å². The maximum absolute atomic E-state index is 14.3. The molecule has 10 nitrogen and oxygen atoms in total. The van der Waals surface area contributed by atoms with E-state index in [2.05, 4.69) is 16.4 Å². The minimum atomic E-state index is -1.72. The summed E-state index contributed by atoms with van der Waals surface area (Å²) in [6.45, 7) is -0.319. The Morgan fingerprint density at radius 3 is 2.78 bits per heavy atom. The highest BCUT2D eigenvalue weighted by molar-refractivity contribution is 6.03. The molecule has 0 unspecified atom stereocenters. The second-order valence-electron chi connectivity index (χ2n) is 10.8. The molecule has 41 heavy (non-hydrogen) atoms. The molecule has 12 heteroatoms. The third kappa shape index (κ3) is 4.51. The minimum Gasteiger partial charge on any atom is -0.496 e. The number of ether oxygens (including phenoxy) is 2. The van der Waals surface area contributed by atoms with E-state index in [1.54, 1.807) is 18.2 Å². The number of nitrogens with one attached hydrogen (secondary N) is 2. The normalized spacial score (nSPS) is 22.1. The van der Waals surface area contributed by atoms with Crippen molar-refractivity contribution >= 4 is 34.3 Å². The average Bonchev–Trinajstić information content (AvgIpc) is 3.54. The zero-order valence-electron chi connectivity index (χ0n) is 22.4. The number of hydrogen-bond donors (Lipinski definition) is 2. The molecule has 2 aromatic carbocycles. The van der Waals surface area contributed by atoms with Crippen molar-refractivity contribution in [3.63, 3.8) is 0 Å². The molecule has 1 spiro atoms. The number of methoxy groups -OCH3 is 1. The summed E-state index contributed by atoms with van der Waals surface area (Å²) in [7, 11) is 3.07. The zero-order valence-corrected chi connectivity index (χ0v) is 22.4. The molecule has 2 fully saturated rings. The lowest BCUT2D eigenvalue weighted by Crippen LogP contribution is -2.55. The molecule has 3 atom stereocenters. The number of likely N-dealkylation sites (N-methyl/N-ethyl adjacent to an activating group) is 1. The topological polar surface area (TPSA) is 128 Å². The van der Waals surface area contributed by atoms with Gasteiger partial charge in [0.1, 0.15) is 35.0 Å². The van der Waals surface area contributed by atoms with Crippen LogP contribution < -0.4 is 14.8 Å². The van der Waals surface area contributed by atoms with Crippen LogP contribution in [0.4, 0.5) is 14.5 Å². The summed E-state index contributed by atoms with van der Waals surface area (Å²) in [5.74, 6) is -2.93. The highest BCUT2D eigenvalue weighted by Gasteiger charge is 2.57. The molecule has 1 saturated carbocycles. The number of carbonyl (C=O) groups is 3. The fourth-order valence-electron chi connectivity index (χ4n) is 5.73. The van der Waals surface area contributed by atoms with Crippen molar-refractivity contribution in [2.75, 3.05) is 26.0 Å². The summed E-state index contributed by atoms with van der Waals surface area (Å²) in [4.78, 5) is 46.5. The number of nitriles is 1. The number of nitrogens with zero attached hydrogens (tertiary/aromatic N) is 3. The van der Waals surface area contributed by atoms with E-state index < -0.39 is 47.0 Å². The lowest BCUT2D eigenvalue weighted by Gasteiger charge is -2.35. The van der Waals surface area contributed by atoms with E-state index in [9.17, 15) is 28.4 Å². The van der Waals surface area contributed by atoms with Gasteiger partial charge in [-0.15, -0.1) is 0 Å².